The molecular weight excluding hydrogens is 324 g/mol. The van der Waals surface area contributed by atoms with Gasteiger partial charge in [-0.05, 0) is 35.4 Å². The molecule has 0 aliphatic heterocycles. The van der Waals surface area contributed by atoms with Gasteiger partial charge in [0, 0.05) is 19.0 Å². The van der Waals surface area contributed by atoms with Crippen LogP contribution in [0.3, 0.4) is 0 Å². The van der Waals surface area contributed by atoms with Gasteiger partial charge in [-0.3, -0.25) is 4.79 Å². The Morgan fingerprint density at radius 2 is 1.62 bits per heavy atom. The van der Waals surface area contributed by atoms with Crippen LogP contribution >= 0.6 is 0 Å². The summed E-state index contributed by atoms with van der Waals surface area (Å²) in [5, 5.41) is 3.00. The molecule has 138 valence electrons. The van der Waals surface area contributed by atoms with Crippen LogP contribution in [0, 0.1) is 5.92 Å². The summed E-state index contributed by atoms with van der Waals surface area (Å²) < 4.78 is 5.75. The number of nitrogens with one attached hydrogen (secondary N) is 1. The third kappa shape index (κ3) is 5.68. The molecule has 2 atom stereocenters. The lowest BCUT2D eigenvalue weighted by Crippen LogP contribution is -2.31. The molecule has 2 aromatic carbocycles. The lowest BCUT2D eigenvalue weighted by atomic mass is 10.00. The van der Waals surface area contributed by atoms with Crippen molar-refractivity contribution < 1.29 is 9.53 Å². The molecule has 4 nitrogen and oxygen atoms in total. The van der Waals surface area contributed by atoms with Gasteiger partial charge in [0.2, 0.25) is 5.91 Å². The van der Waals surface area contributed by atoms with Gasteiger partial charge in [0.15, 0.2) is 0 Å². The van der Waals surface area contributed by atoms with Crippen LogP contribution in [-0.4, -0.2) is 11.9 Å². The van der Waals surface area contributed by atoms with Crippen molar-refractivity contribution in [3.63, 3.8) is 0 Å². The van der Waals surface area contributed by atoms with E-state index < -0.39 is 0 Å². The maximum absolute atomic E-state index is 12.1. The summed E-state index contributed by atoms with van der Waals surface area (Å²) in [6.07, 6.45) is 3.82. The first-order chi connectivity index (χ1) is 12.7. The largest absolute Gasteiger partial charge is 0.372 e. The van der Waals surface area contributed by atoms with Gasteiger partial charge in [-0.1, -0.05) is 61.0 Å². The van der Waals surface area contributed by atoms with Gasteiger partial charge >= 0.3 is 0 Å². The number of amides is 1. The third-order valence-corrected chi connectivity index (χ3v) is 5.06. The molecule has 0 aromatic heterocycles. The summed E-state index contributed by atoms with van der Waals surface area (Å²) in [5.41, 5.74) is 9.44. The number of benzene rings is 2. The van der Waals surface area contributed by atoms with Crippen LogP contribution in [0.15, 0.2) is 54.6 Å². The van der Waals surface area contributed by atoms with Crippen molar-refractivity contribution in [1.82, 2.24) is 5.32 Å². The van der Waals surface area contributed by atoms with Crippen LogP contribution in [0.4, 0.5) is 0 Å². The van der Waals surface area contributed by atoms with Crippen LogP contribution < -0.4 is 11.1 Å². The maximum Gasteiger partial charge on any atom is 0.220 e. The van der Waals surface area contributed by atoms with Gasteiger partial charge in [-0.25, -0.2) is 0 Å². The zero-order valence-corrected chi connectivity index (χ0v) is 15.2. The smallest absolute Gasteiger partial charge is 0.220 e. The van der Waals surface area contributed by atoms with E-state index >= 15 is 0 Å². The second kappa shape index (κ2) is 9.51. The number of carbonyl (C=O) groups excluding carboxylic acids is 1. The molecule has 26 heavy (non-hydrogen) atoms. The molecule has 1 aliphatic rings. The highest BCUT2D eigenvalue weighted by atomic mass is 16.5. The first kappa shape index (κ1) is 18.6. The van der Waals surface area contributed by atoms with Crippen molar-refractivity contribution in [2.24, 2.45) is 11.7 Å². The number of carbonyl (C=O) groups is 1. The Kier molecular flexibility index (Phi) is 6.81. The van der Waals surface area contributed by atoms with Crippen molar-refractivity contribution >= 4 is 5.91 Å². The van der Waals surface area contributed by atoms with E-state index in [0.29, 0.717) is 32.1 Å². The number of rotatable bonds is 8. The van der Waals surface area contributed by atoms with Gasteiger partial charge in [0.25, 0.3) is 0 Å². The minimum atomic E-state index is 0.0996. The van der Waals surface area contributed by atoms with Crippen LogP contribution in [0.5, 0.6) is 0 Å². The van der Waals surface area contributed by atoms with Gasteiger partial charge in [-0.15, -0.1) is 0 Å². The lowest BCUT2D eigenvalue weighted by Gasteiger charge is -2.14. The third-order valence-electron chi connectivity index (χ3n) is 5.06. The minimum absolute atomic E-state index is 0.0996. The van der Waals surface area contributed by atoms with Gasteiger partial charge in [0.05, 0.1) is 13.2 Å². The lowest BCUT2D eigenvalue weighted by molar-refractivity contribution is -0.122. The SMILES string of the molecule is N[C@@H]1CCC[C@H]1CC(=O)NCc1ccc(COCc2ccccc2)cc1. The molecule has 0 unspecified atom stereocenters. The molecule has 0 saturated heterocycles. The summed E-state index contributed by atoms with van der Waals surface area (Å²) in [6, 6.07) is 18.5. The van der Waals surface area contributed by atoms with Crippen molar-refractivity contribution in [1.29, 1.82) is 0 Å². The first-order valence-corrected chi connectivity index (χ1v) is 9.42. The monoisotopic (exact) mass is 352 g/mol. The zero-order valence-electron chi connectivity index (χ0n) is 15.2. The fourth-order valence-electron chi connectivity index (χ4n) is 3.44. The summed E-state index contributed by atoms with van der Waals surface area (Å²) >= 11 is 0. The highest BCUT2D eigenvalue weighted by Gasteiger charge is 2.25. The topological polar surface area (TPSA) is 64.4 Å². The Morgan fingerprint density at radius 3 is 2.27 bits per heavy atom. The number of ether oxygens (including phenoxy) is 1. The number of hydrogen-bond acceptors (Lipinski definition) is 3. The summed E-state index contributed by atoms with van der Waals surface area (Å²) in [5.74, 6) is 0.446. The molecule has 1 amide bonds. The van der Waals surface area contributed by atoms with Crippen molar-refractivity contribution in [2.45, 2.75) is 51.5 Å². The highest BCUT2D eigenvalue weighted by molar-refractivity contribution is 5.76. The van der Waals surface area contributed by atoms with Crippen molar-refractivity contribution in [3.8, 4) is 0 Å². The standard InChI is InChI=1S/C22H28N2O2/c23-21-8-4-7-20(21)13-22(25)24-14-17-9-11-19(12-10-17)16-26-15-18-5-2-1-3-6-18/h1-3,5-6,9-12,20-21H,4,7-8,13-16,23H2,(H,24,25)/t20-,21+/m0/s1. The molecule has 4 heteroatoms. The van der Waals surface area contributed by atoms with E-state index in [0.717, 1.165) is 30.4 Å². The van der Waals surface area contributed by atoms with E-state index in [1.54, 1.807) is 0 Å². The van der Waals surface area contributed by atoms with Crippen molar-refractivity contribution in [2.75, 3.05) is 0 Å². The fraction of sp³-hybridized carbons (Fsp3) is 0.409. The average molecular weight is 352 g/mol. The normalized spacial score (nSPS) is 19.4. The Morgan fingerprint density at radius 1 is 0.962 bits per heavy atom. The fourth-order valence-corrected chi connectivity index (χ4v) is 3.44. The summed E-state index contributed by atoms with van der Waals surface area (Å²) in [7, 11) is 0. The molecule has 3 rings (SSSR count). The van der Waals surface area contributed by atoms with E-state index in [1.165, 1.54) is 5.56 Å². The first-order valence-electron chi connectivity index (χ1n) is 9.42. The minimum Gasteiger partial charge on any atom is -0.372 e. The Labute approximate surface area is 155 Å². The molecule has 1 aliphatic carbocycles. The number of nitrogens with two attached hydrogens (primary N) is 1. The average Bonchev–Trinajstić information content (AvgIpc) is 3.06. The molecule has 2 aromatic rings. The molecule has 1 fully saturated rings. The van der Waals surface area contributed by atoms with Crippen LogP contribution in [0.1, 0.15) is 42.4 Å². The second-order valence-corrected chi connectivity index (χ2v) is 7.13. The Hall–Kier alpha value is -2.17. The van der Waals surface area contributed by atoms with E-state index in [2.05, 4.69) is 29.6 Å². The zero-order chi connectivity index (χ0) is 18.2. The van der Waals surface area contributed by atoms with E-state index in [1.807, 2.05) is 30.3 Å². The summed E-state index contributed by atoms with van der Waals surface area (Å²) in [6.45, 7) is 1.76. The van der Waals surface area contributed by atoms with Gasteiger partial charge in [-0.2, -0.15) is 0 Å². The van der Waals surface area contributed by atoms with E-state index in [9.17, 15) is 4.79 Å². The number of hydrogen-bond donors (Lipinski definition) is 2. The van der Waals surface area contributed by atoms with Gasteiger partial charge in [0.1, 0.15) is 0 Å². The highest BCUT2D eigenvalue weighted by Crippen LogP contribution is 2.26. The predicted molar refractivity (Wildman–Crippen MR) is 103 cm³/mol. The van der Waals surface area contributed by atoms with E-state index in [-0.39, 0.29) is 11.9 Å². The quantitative estimate of drug-likeness (QED) is 0.764. The maximum atomic E-state index is 12.1. The Bertz CT molecular complexity index is 685. The molecule has 0 bridgehead atoms. The van der Waals surface area contributed by atoms with Crippen LogP contribution in [0.25, 0.3) is 0 Å². The molecule has 0 radical (unpaired) electrons. The molecular formula is C22H28N2O2. The molecule has 3 N–H and O–H groups in total. The molecule has 0 heterocycles. The predicted octanol–water partition coefficient (Wildman–Crippen LogP) is 3.54. The molecule has 0 spiro atoms. The van der Waals surface area contributed by atoms with Crippen molar-refractivity contribution in [3.05, 3.63) is 71.3 Å². The van der Waals surface area contributed by atoms with Crippen LogP contribution in [0.2, 0.25) is 0 Å². The summed E-state index contributed by atoms with van der Waals surface area (Å²) in [4.78, 5) is 12.1. The Balaban J connectivity index is 1.38. The van der Waals surface area contributed by atoms with E-state index in [4.69, 9.17) is 10.5 Å². The van der Waals surface area contributed by atoms with Crippen LogP contribution in [-0.2, 0) is 29.3 Å². The van der Waals surface area contributed by atoms with Gasteiger partial charge < -0.3 is 15.8 Å². The molecule has 1 saturated carbocycles. The second-order valence-electron chi connectivity index (χ2n) is 7.13.